The summed E-state index contributed by atoms with van der Waals surface area (Å²) in [7, 11) is -2.73. The molecule has 0 bridgehead atoms. The van der Waals surface area contributed by atoms with Gasteiger partial charge < -0.3 is 20.7 Å². The summed E-state index contributed by atoms with van der Waals surface area (Å²) in [5, 5.41) is 13.2. The topological polar surface area (TPSA) is 177 Å². The standard InChI is InChI=1S/C24H28IN5O7S/c1-37-24(34)30(17-10-8-16(25)9-11-17)23(33)27-14-21(31)28-19-4-2-3-5-20(19)29-22(32)15-6-12-18(13-7-15)38(26,35)36/h6-13,19-20H,2-5,14H2,1H3,(H,27,33)(H,28,31)(H,29,32)(H2,26,35,36). The van der Waals surface area contributed by atoms with E-state index in [4.69, 9.17) is 9.88 Å². The molecule has 0 radical (unpaired) electrons. The van der Waals surface area contributed by atoms with Crippen molar-refractivity contribution in [3.05, 3.63) is 57.7 Å². The number of benzene rings is 2. The van der Waals surface area contributed by atoms with Crippen LogP contribution >= 0.6 is 22.6 Å². The maximum atomic E-state index is 12.7. The zero-order valence-electron chi connectivity index (χ0n) is 20.5. The highest BCUT2D eigenvalue weighted by atomic mass is 127. The van der Waals surface area contributed by atoms with E-state index in [9.17, 15) is 27.6 Å². The van der Waals surface area contributed by atoms with Crippen LogP contribution in [0.15, 0.2) is 53.4 Å². The number of ether oxygens (including phenoxy) is 1. The molecule has 2 aromatic rings. The highest BCUT2D eigenvalue weighted by molar-refractivity contribution is 14.1. The molecule has 14 heteroatoms. The Labute approximate surface area is 233 Å². The van der Waals surface area contributed by atoms with Crippen molar-refractivity contribution >= 4 is 62.2 Å². The third-order valence-electron chi connectivity index (χ3n) is 5.92. The zero-order valence-corrected chi connectivity index (χ0v) is 23.5. The number of hydrogen-bond donors (Lipinski definition) is 4. The van der Waals surface area contributed by atoms with Crippen LogP contribution in [0, 0.1) is 3.57 Å². The lowest BCUT2D eigenvalue weighted by Crippen LogP contribution is -2.55. The fourth-order valence-corrected chi connectivity index (χ4v) is 4.88. The van der Waals surface area contributed by atoms with Gasteiger partial charge in [0.05, 0.1) is 24.2 Å². The molecule has 1 aliphatic carbocycles. The second-order valence-electron chi connectivity index (χ2n) is 8.55. The van der Waals surface area contributed by atoms with E-state index >= 15 is 0 Å². The third kappa shape index (κ3) is 7.88. The number of imide groups is 1. The first-order chi connectivity index (χ1) is 18.0. The Kier molecular flexibility index (Phi) is 10.0. The molecule has 0 heterocycles. The average molecular weight is 657 g/mol. The van der Waals surface area contributed by atoms with E-state index in [-0.39, 0.29) is 28.2 Å². The van der Waals surface area contributed by atoms with Crippen LogP contribution in [0.3, 0.4) is 0 Å². The molecule has 5 N–H and O–H groups in total. The van der Waals surface area contributed by atoms with Crippen LogP contribution < -0.4 is 26.0 Å². The molecule has 2 aromatic carbocycles. The van der Waals surface area contributed by atoms with Gasteiger partial charge in [-0.1, -0.05) is 12.8 Å². The second-order valence-corrected chi connectivity index (χ2v) is 11.4. The molecule has 0 saturated heterocycles. The first kappa shape index (κ1) is 29.3. The van der Waals surface area contributed by atoms with Gasteiger partial charge in [0, 0.05) is 21.2 Å². The predicted octanol–water partition coefficient (Wildman–Crippen LogP) is 2.08. The number of amides is 5. The van der Waals surface area contributed by atoms with Crippen LogP contribution in [0.2, 0.25) is 0 Å². The summed E-state index contributed by atoms with van der Waals surface area (Å²) >= 11 is 2.09. The monoisotopic (exact) mass is 657 g/mol. The smallest absolute Gasteiger partial charge is 0.422 e. The van der Waals surface area contributed by atoms with Crippen LogP contribution in [-0.4, -0.2) is 58.1 Å². The van der Waals surface area contributed by atoms with Crippen molar-refractivity contribution in [2.45, 2.75) is 42.7 Å². The number of halogens is 1. The predicted molar refractivity (Wildman–Crippen MR) is 147 cm³/mol. The Morgan fingerprint density at radius 2 is 1.55 bits per heavy atom. The van der Waals surface area contributed by atoms with E-state index in [0.717, 1.165) is 28.4 Å². The number of rotatable bonds is 7. The van der Waals surface area contributed by atoms with Crippen LogP contribution in [0.5, 0.6) is 0 Å². The number of sulfonamides is 1. The number of carbonyl (C=O) groups is 4. The number of nitrogens with one attached hydrogen (secondary N) is 3. The molecule has 3 rings (SSSR count). The van der Waals surface area contributed by atoms with E-state index in [1.807, 2.05) is 0 Å². The largest absolute Gasteiger partial charge is 0.452 e. The van der Waals surface area contributed by atoms with E-state index in [1.165, 1.54) is 24.3 Å². The van der Waals surface area contributed by atoms with Crippen LogP contribution in [0.25, 0.3) is 0 Å². The van der Waals surface area contributed by atoms with Gasteiger partial charge in [0.25, 0.3) is 5.91 Å². The van der Waals surface area contributed by atoms with Gasteiger partial charge in [-0.25, -0.2) is 23.1 Å². The molecule has 0 spiro atoms. The third-order valence-corrected chi connectivity index (χ3v) is 7.57. The Balaban J connectivity index is 1.59. The van der Waals surface area contributed by atoms with Gasteiger partial charge in [-0.2, -0.15) is 4.90 Å². The molecule has 0 aromatic heterocycles. The number of carbonyl (C=O) groups excluding carboxylic acids is 4. The molecule has 0 aliphatic heterocycles. The average Bonchev–Trinajstić information content (AvgIpc) is 2.89. The van der Waals surface area contributed by atoms with Crippen LogP contribution in [0.1, 0.15) is 36.0 Å². The summed E-state index contributed by atoms with van der Waals surface area (Å²) in [5.41, 5.74) is 0.529. The number of urea groups is 1. The van der Waals surface area contributed by atoms with Crippen LogP contribution in [-0.2, 0) is 19.6 Å². The maximum Gasteiger partial charge on any atom is 0.422 e. The maximum absolute atomic E-state index is 12.7. The number of anilines is 1. The molecule has 2 unspecified atom stereocenters. The summed E-state index contributed by atoms with van der Waals surface area (Å²) in [6.45, 7) is -0.400. The molecule has 2 atom stereocenters. The normalized spacial score (nSPS) is 17.1. The molecule has 204 valence electrons. The van der Waals surface area contributed by atoms with Crippen molar-refractivity contribution in [3.63, 3.8) is 0 Å². The van der Waals surface area contributed by atoms with Crippen molar-refractivity contribution in [3.8, 4) is 0 Å². The fraction of sp³-hybridized carbons (Fsp3) is 0.333. The summed E-state index contributed by atoms with van der Waals surface area (Å²) in [6, 6.07) is 10.2. The first-order valence-corrected chi connectivity index (χ1v) is 14.3. The Morgan fingerprint density at radius 1 is 0.974 bits per heavy atom. The molecule has 38 heavy (non-hydrogen) atoms. The zero-order chi connectivity index (χ0) is 27.9. The molecular weight excluding hydrogens is 629 g/mol. The summed E-state index contributed by atoms with van der Waals surface area (Å²) in [4.78, 5) is 51.0. The van der Waals surface area contributed by atoms with Gasteiger partial charge in [0.15, 0.2) is 0 Å². The molecule has 1 aliphatic rings. The summed E-state index contributed by atoms with van der Waals surface area (Å²) in [6.07, 6.45) is 2.03. The second kappa shape index (κ2) is 13.0. The van der Waals surface area contributed by atoms with Crippen LogP contribution in [0.4, 0.5) is 15.3 Å². The van der Waals surface area contributed by atoms with Crippen molar-refractivity contribution in [2.24, 2.45) is 5.14 Å². The minimum atomic E-state index is -3.87. The SMILES string of the molecule is COC(=O)N(C(=O)NCC(=O)NC1CCCCC1NC(=O)c1ccc(S(N)(=O)=O)cc1)c1ccc(I)cc1. The number of primary sulfonamides is 1. The van der Waals surface area contributed by atoms with E-state index < -0.39 is 40.5 Å². The minimum absolute atomic E-state index is 0.105. The van der Waals surface area contributed by atoms with Gasteiger partial charge in [-0.05, 0) is 84.0 Å². The summed E-state index contributed by atoms with van der Waals surface area (Å²) in [5.74, 6) is -0.911. The fourth-order valence-electron chi connectivity index (χ4n) is 4.00. The van der Waals surface area contributed by atoms with Gasteiger partial charge in [-0.3, -0.25) is 9.59 Å². The molecule has 5 amide bonds. The molecule has 12 nitrogen and oxygen atoms in total. The number of nitrogens with two attached hydrogens (primary N) is 1. The Hall–Kier alpha value is -3.24. The first-order valence-electron chi connectivity index (χ1n) is 11.6. The van der Waals surface area contributed by atoms with Gasteiger partial charge in [-0.15, -0.1) is 0 Å². The van der Waals surface area contributed by atoms with Crippen molar-refractivity contribution in [1.29, 1.82) is 0 Å². The van der Waals surface area contributed by atoms with Crippen molar-refractivity contribution < 1.29 is 32.3 Å². The van der Waals surface area contributed by atoms with Crippen molar-refractivity contribution in [2.75, 3.05) is 18.6 Å². The lowest BCUT2D eigenvalue weighted by molar-refractivity contribution is -0.121. The number of methoxy groups -OCH3 is 1. The number of nitrogens with zero attached hydrogens (tertiary/aromatic N) is 1. The highest BCUT2D eigenvalue weighted by Crippen LogP contribution is 2.20. The summed E-state index contributed by atoms with van der Waals surface area (Å²) < 4.78 is 28.5. The van der Waals surface area contributed by atoms with Gasteiger partial charge in [0.2, 0.25) is 15.9 Å². The van der Waals surface area contributed by atoms with E-state index in [1.54, 1.807) is 24.3 Å². The molecular formula is C24H28IN5O7S. The lowest BCUT2D eigenvalue weighted by Gasteiger charge is -2.33. The van der Waals surface area contributed by atoms with Gasteiger partial charge >= 0.3 is 12.1 Å². The van der Waals surface area contributed by atoms with E-state index in [2.05, 4.69) is 38.5 Å². The molecule has 1 saturated carbocycles. The Morgan fingerprint density at radius 3 is 2.11 bits per heavy atom. The lowest BCUT2D eigenvalue weighted by atomic mass is 9.90. The van der Waals surface area contributed by atoms with Gasteiger partial charge in [0.1, 0.15) is 0 Å². The Bertz CT molecular complexity index is 1290. The van der Waals surface area contributed by atoms with E-state index in [0.29, 0.717) is 12.8 Å². The quantitative estimate of drug-likeness (QED) is 0.330. The van der Waals surface area contributed by atoms with Crippen molar-refractivity contribution in [1.82, 2.24) is 16.0 Å². The number of hydrogen-bond acceptors (Lipinski definition) is 7. The molecule has 1 fully saturated rings. The highest BCUT2D eigenvalue weighted by Gasteiger charge is 2.29. The minimum Gasteiger partial charge on any atom is -0.452 e.